The molecule has 6 heteroatoms. The van der Waals surface area contributed by atoms with Gasteiger partial charge >= 0.3 is 0 Å². The molecule has 0 aliphatic rings. The van der Waals surface area contributed by atoms with E-state index < -0.39 is 0 Å². The number of benzene rings is 2. The lowest BCUT2D eigenvalue weighted by Gasteiger charge is -2.09. The van der Waals surface area contributed by atoms with Gasteiger partial charge in [0.1, 0.15) is 21.8 Å². The van der Waals surface area contributed by atoms with E-state index in [9.17, 15) is 10.5 Å². The van der Waals surface area contributed by atoms with Gasteiger partial charge < -0.3 is 5.73 Å². The Hall–Kier alpha value is -3.12. The van der Waals surface area contributed by atoms with Crippen LogP contribution >= 0.6 is 22.9 Å². The standard InChI is InChI=1S/C19H11ClN4S/c20-13-8-6-12(7-9-13)17-15(10-21)18(23)25-19(16(17)11-22)24-14-4-2-1-3-5-14/h1-9H,23H2. The SMILES string of the molecule is N#Cc1c(N)sc(=Nc2ccccc2)c(C#N)c1-c1ccc(Cl)cc1. The van der Waals surface area contributed by atoms with Crippen LogP contribution in [-0.2, 0) is 0 Å². The molecule has 0 saturated carbocycles. The predicted octanol–water partition coefficient (Wildman–Crippen LogP) is 4.63. The predicted molar refractivity (Wildman–Crippen MR) is 100 cm³/mol. The van der Waals surface area contributed by atoms with Gasteiger partial charge in [-0.05, 0) is 29.8 Å². The molecule has 2 N–H and O–H groups in total. The average Bonchev–Trinajstić information content (AvgIpc) is 2.63. The van der Waals surface area contributed by atoms with Crippen molar-refractivity contribution in [3.63, 3.8) is 0 Å². The van der Waals surface area contributed by atoms with Crippen molar-refractivity contribution in [2.75, 3.05) is 5.73 Å². The van der Waals surface area contributed by atoms with Crippen molar-refractivity contribution >= 4 is 33.6 Å². The summed E-state index contributed by atoms with van der Waals surface area (Å²) in [6.07, 6.45) is 0. The van der Waals surface area contributed by atoms with Crippen molar-refractivity contribution in [1.82, 2.24) is 0 Å². The maximum absolute atomic E-state index is 9.72. The van der Waals surface area contributed by atoms with Gasteiger partial charge in [-0.3, -0.25) is 0 Å². The summed E-state index contributed by atoms with van der Waals surface area (Å²) in [4.78, 5) is 4.53. The molecule has 0 radical (unpaired) electrons. The summed E-state index contributed by atoms with van der Waals surface area (Å²) in [6, 6.07) is 20.5. The summed E-state index contributed by atoms with van der Waals surface area (Å²) in [5.41, 5.74) is 8.56. The second-order valence-corrected chi connectivity index (χ2v) is 6.54. The molecule has 1 heterocycles. The molecular weight excluding hydrogens is 352 g/mol. The molecule has 0 amide bonds. The highest BCUT2D eigenvalue weighted by molar-refractivity contribution is 7.13. The molecule has 0 saturated heterocycles. The van der Waals surface area contributed by atoms with Crippen LogP contribution in [0.4, 0.5) is 10.7 Å². The van der Waals surface area contributed by atoms with Gasteiger partial charge in [0, 0.05) is 10.6 Å². The summed E-state index contributed by atoms with van der Waals surface area (Å²) < 4.78 is 0.468. The number of anilines is 1. The topological polar surface area (TPSA) is 86.0 Å². The van der Waals surface area contributed by atoms with Crippen molar-refractivity contribution in [2.24, 2.45) is 4.99 Å². The Bertz CT molecular complexity index is 1070. The molecule has 0 aliphatic heterocycles. The molecular formula is C19H11ClN4S. The number of para-hydroxylation sites is 1. The van der Waals surface area contributed by atoms with E-state index in [4.69, 9.17) is 17.3 Å². The van der Waals surface area contributed by atoms with Crippen LogP contribution in [0.5, 0.6) is 0 Å². The largest absolute Gasteiger partial charge is 0.389 e. The van der Waals surface area contributed by atoms with E-state index in [0.717, 1.165) is 11.3 Å². The van der Waals surface area contributed by atoms with Crippen molar-refractivity contribution in [2.45, 2.75) is 0 Å². The minimum absolute atomic E-state index is 0.274. The normalized spacial score (nSPS) is 10.9. The molecule has 3 rings (SSSR count). The smallest absolute Gasteiger partial charge is 0.137 e. The van der Waals surface area contributed by atoms with Crippen molar-refractivity contribution in [3.05, 3.63) is 75.4 Å². The maximum Gasteiger partial charge on any atom is 0.137 e. The quantitative estimate of drug-likeness (QED) is 0.721. The van der Waals surface area contributed by atoms with Gasteiger partial charge in [0.25, 0.3) is 0 Å². The lowest BCUT2D eigenvalue weighted by atomic mass is 9.98. The molecule has 0 fully saturated rings. The molecule has 2 aromatic carbocycles. The highest BCUT2D eigenvalue weighted by Gasteiger charge is 2.17. The van der Waals surface area contributed by atoms with Crippen LogP contribution in [0.3, 0.4) is 0 Å². The van der Waals surface area contributed by atoms with Gasteiger partial charge in [-0.15, -0.1) is 0 Å². The minimum Gasteiger partial charge on any atom is -0.389 e. The van der Waals surface area contributed by atoms with E-state index in [1.165, 1.54) is 0 Å². The lowest BCUT2D eigenvalue weighted by Crippen LogP contribution is -2.09. The Morgan fingerprint density at radius 1 is 0.920 bits per heavy atom. The Morgan fingerprint density at radius 3 is 2.16 bits per heavy atom. The number of hydrogen-bond acceptors (Lipinski definition) is 5. The highest BCUT2D eigenvalue weighted by atomic mass is 35.5. The highest BCUT2D eigenvalue weighted by Crippen LogP contribution is 2.32. The number of hydrogen-bond donors (Lipinski definition) is 1. The van der Waals surface area contributed by atoms with Gasteiger partial charge in [0.2, 0.25) is 0 Å². The molecule has 0 atom stereocenters. The molecule has 0 bridgehead atoms. The summed E-state index contributed by atoms with van der Waals surface area (Å²) in [5, 5.41) is 20.1. The first-order valence-electron chi connectivity index (χ1n) is 7.26. The first kappa shape index (κ1) is 16.7. The summed E-state index contributed by atoms with van der Waals surface area (Å²) in [5.74, 6) is 0. The maximum atomic E-state index is 9.72. The molecule has 0 aliphatic carbocycles. The van der Waals surface area contributed by atoms with Gasteiger partial charge in [-0.1, -0.05) is 53.3 Å². The Morgan fingerprint density at radius 2 is 1.56 bits per heavy atom. The van der Waals surface area contributed by atoms with E-state index in [1.807, 2.05) is 30.3 Å². The Kier molecular flexibility index (Phi) is 4.81. The zero-order chi connectivity index (χ0) is 17.8. The number of nitrogens with two attached hydrogens (primary N) is 1. The van der Waals surface area contributed by atoms with Crippen LogP contribution in [-0.4, -0.2) is 0 Å². The molecule has 4 nitrogen and oxygen atoms in total. The van der Waals surface area contributed by atoms with E-state index in [1.54, 1.807) is 24.3 Å². The molecule has 25 heavy (non-hydrogen) atoms. The summed E-state index contributed by atoms with van der Waals surface area (Å²) in [7, 11) is 0. The van der Waals surface area contributed by atoms with E-state index >= 15 is 0 Å². The fourth-order valence-corrected chi connectivity index (χ4v) is 3.36. The third-order valence-electron chi connectivity index (χ3n) is 3.51. The van der Waals surface area contributed by atoms with E-state index in [-0.39, 0.29) is 5.56 Å². The van der Waals surface area contributed by atoms with Crippen LogP contribution in [0.1, 0.15) is 11.1 Å². The van der Waals surface area contributed by atoms with Crippen LogP contribution in [0, 0.1) is 22.7 Å². The first-order chi connectivity index (χ1) is 12.1. The van der Waals surface area contributed by atoms with Crippen molar-refractivity contribution in [3.8, 4) is 23.3 Å². The third-order valence-corrected chi connectivity index (χ3v) is 4.68. The van der Waals surface area contributed by atoms with Crippen molar-refractivity contribution < 1.29 is 0 Å². The molecule has 1 aromatic heterocycles. The fourth-order valence-electron chi connectivity index (χ4n) is 2.38. The van der Waals surface area contributed by atoms with Gasteiger partial charge in [0.15, 0.2) is 0 Å². The third kappa shape index (κ3) is 3.39. The second kappa shape index (κ2) is 7.19. The van der Waals surface area contributed by atoms with Gasteiger partial charge in [0.05, 0.1) is 16.8 Å². The molecule has 120 valence electrons. The van der Waals surface area contributed by atoms with Crippen LogP contribution in [0.2, 0.25) is 5.02 Å². The van der Waals surface area contributed by atoms with E-state index in [2.05, 4.69) is 17.1 Å². The van der Waals surface area contributed by atoms with Gasteiger partial charge in [-0.25, -0.2) is 4.99 Å². The monoisotopic (exact) mass is 362 g/mol. The second-order valence-electron chi connectivity index (χ2n) is 5.07. The van der Waals surface area contributed by atoms with Crippen LogP contribution in [0.15, 0.2) is 59.6 Å². The number of nitrogen functional groups attached to an aromatic ring is 1. The molecule has 0 spiro atoms. The summed E-state index contributed by atoms with van der Waals surface area (Å²) >= 11 is 7.07. The zero-order valence-corrected chi connectivity index (χ0v) is 14.5. The number of nitrogens with zero attached hydrogens (tertiary/aromatic N) is 3. The average molecular weight is 363 g/mol. The first-order valence-corrected chi connectivity index (χ1v) is 8.46. The molecule has 3 aromatic rings. The van der Waals surface area contributed by atoms with E-state index in [0.29, 0.717) is 37.1 Å². The fraction of sp³-hybridized carbons (Fsp3) is 0. The zero-order valence-electron chi connectivity index (χ0n) is 12.9. The number of nitriles is 2. The number of halogens is 1. The van der Waals surface area contributed by atoms with Crippen LogP contribution in [0.25, 0.3) is 11.1 Å². The molecule has 0 unspecified atom stereocenters. The Balaban J connectivity index is 2.37. The minimum atomic E-state index is 0.274. The van der Waals surface area contributed by atoms with Crippen LogP contribution < -0.4 is 10.4 Å². The van der Waals surface area contributed by atoms with Gasteiger partial charge in [-0.2, -0.15) is 10.5 Å². The Labute approximate surface area is 153 Å². The van der Waals surface area contributed by atoms with Crippen molar-refractivity contribution in [1.29, 1.82) is 10.5 Å². The summed E-state index contributed by atoms with van der Waals surface area (Å²) in [6.45, 7) is 0. The number of rotatable bonds is 2. The lowest BCUT2D eigenvalue weighted by molar-refractivity contribution is 1.36.